The van der Waals surface area contributed by atoms with Crippen LogP contribution in [0.1, 0.15) is 23.7 Å². The number of carbonyl (C=O) groups is 1. The molecule has 2 aromatic rings. The van der Waals surface area contributed by atoms with Crippen molar-refractivity contribution in [2.45, 2.75) is 26.1 Å². The molecule has 0 radical (unpaired) electrons. The van der Waals surface area contributed by atoms with E-state index in [1.165, 1.54) is 23.7 Å². The summed E-state index contributed by atoms with van der Waals surface area (Å²) in [6.07, 6.45) is 0.889. The third kappa shape index (κ3) is 2.94. The fraction of sp³-hybridized carbons (Fsp3) is 0.444. The molecule has 1 aromatic heterocycles. The lowest BCUT2D eigenvalue weighted by molar-refractivity contribution is 0.0784. The van der Waals surface area contributed by atoms with Crippen LogP contribution in [-0.2, 0) is 6.54 Å². The zero-order valence-electron chi connectivity index (χ0n) is 14.5. The molecule has 1 unspecified atom stereocenters. The third-order valence-corrected chi connectivity index (χ3v) is 4.58. The van der Waals surface area contributed by atoms with Gasteiger partial charge in [0.1, 0.15) is 6.17 Å². The van der Waals surface area contributed by atoms with Gasteiger partial charge in [-0.3, -0.25) is 9.59 Å². The van der Waals surface area contributed by atoms with Crippen molar-refractivity contribution in [2.75, 3.05) is 27.3 Å². The van der Waals surface area contributed by atoms with Gasteiger partial charge in [-0.1, -0.05) is 0 Å². The van der Waals surface area contributed by atoms with Gasteiger partial charge in [0.05, 0.1) is 31.7 Å². The second-order valence-corrected chi connectivity index (χ2v) is 6.02. The number of rotatable bonds is 4. The number of hydrogen-bond donors (Lipinski definition) is 0. The number of amides is 1. The van der Waals surface area contributed by atoms with E-state index in [-0.39, 0.29) is 18.0 Å². The molecule has 6 nitrogen and oxygen atoms in total. The second-order valence-electron chi connectivity index (χ2n) is 6.02. The highest BCUT2D eigenvalue weighted by atomic mass is 19.1. The van der Waals surface area contributed by atoms with E-state index in [4.69, 9.17) is 9.47 Å². The minimum Gasteiger partial charge on any atom is -0.493 e. The monoisotopic (exact) mass is 348 g/mol. The van der Waals surface area contributed by atoms with Crippen molar-refractivity contribution >= 4 is 16.7 Å². The molecular formula is C18H21FN2O4. The number of pyridine rings is 1. The maximum atomic E-state index is 13.5. The fourth-order valence-corrected chi connectivity index (χ4v) is 3.20. The number of methoxy groups -OCH3 is 2. The highest BCUT2D eigenvalue weighted by Crippen LogP contribution is 2.33. The largest absolute Gasteiger partial charge is 0.493 e. The predicted molar refractivity (Wildman–Crippen MR) is 92.4 cm³/mol. The fourth-order valence-electron chi connectivity index (χ4n) is 3.20. The minimum absolute atomic E-state index is 0.0822. The van der Waals surface area contributed by atoms with Crippen LogP contribution in [0.25, 0.3) is 10.8 Å². The van der Waals surface area contributed by atoms with E-state index in [0.717, 1.165) is 0 Å². The van der Waals surface area contributed by atoms with Crippen molar-refractivity contribution in [3.05, 3.63) is 34.2 Å². The smallest absolute Gasteiger partial charge is 0.258 e. The van der Waals surface area contributed by atoms with E-state index < -0.39 is 6.17 Å². The topological polar surface area (TPSA) is 60.8 Å². The van der Waals surface area contributed by atoms with Crippen molar-refractivity contribution in [1.29, 1.82) is 0 Å². The molecule has 1 saturated heterocycles. The molecule has 1 aromatic carbocycles. The normalized spacial score (nSPS) is 17.1. The van der Waals surface area contributed by atoms with Crippen LogP contribution in [0.2, 0.25) is 0 Å². The minimum atomic E-state index is -0.998. The van der Waals surface area contributed by atoms with E-state index in [2.05, 4.69) is 0 Å². The van der Waals surface area contributed by atoms with Crippen molar-refractivity contribution in [3.8, 4) is 11.5 Å². The Kier molecular flexibility index (Phi) is 4.65. The molecule has 1 amide bonds. The molecule has 1 aliphatic rings. The molecule has 2 heterocycles. The van der Waals surface area contributed by atoms with Crippen LogP contribution in [0.5, 0.6) is 11.5 Å². The Bertz CT molecular complexity index is 877. The summed E-state index contributed by atoms with van der Waals surface area (Å²) in [7, 11) is 2.98. The summed E-state index contributed by atoms with van der Waals surface area (Å²) >= 11 is 0. The second kappa shape index (κ2) is 6.74. The number of ether oxygens (including phenoxy) is 2. The molecule has 1 fully saturated rings. The molecule has 3 rings (SSSR count). The number of alkyl halides is 1. The van der Waals surface area contributed by atoms with Gasteiger partial charge in [-0.2, -0.15) is 0 Å². The lowest BCUT2D eigenvalue weighted by Gasteiger charge is -2.19. The van der Waals surface area contributed by atoms with Gasteiger partial charge in [-0.15, -0.1) is 0 Å². The van der Waals surface area contributed by atoms with Crippen molar-refractivity contribution in [2.24, 2.45) is 0 Å². The molecule has 0 spiro atoms. The van der Waals surface area contributed by atoms with Gasteiger partial charge in [-0.05, 0) is 25.5 Å². The molecule has 134 valence electrons. The number of aromatic nitrogens is 1. The molecule has 0 bridgehead atoms. The van der Waals surface area contributed by atoms with E-state index in [9.17, 15) is 14.0 Å². The summed E-state index contributed by atoms with van der Waals surface area (Å²) in [5, 5.41) is 0.862. The zero-order valence-corrected chi connectivity index (χ0v) is 14.5. The van der Waals surface area contributed by atoms with Gasteiger partial charge in [0.15, 0.2) is 11.5 Å². The Labute approximate surface area is 144 Å². The molecular weight excluding hydrogens is 327 g/mol. The SMILES string of the molecule is CCn1cc(C(=O)N2CCC(F)C2)c2cc(OC)c(OC)cc2c1=O. The first-order valence-electron chi connectivity index (χ1n) is 8.22. The maximum absolute atomic E-state index is 13.5. The summed E-state index contributed by atoms with van der Waals surface area (Å²) in [5.74, 6) is 0.575. The van der Waals surface area contributed by atoms with Crippen LogP contribution >= 0.6 is 0 Å². The summed E-state index contributed by atoms with van der Waals surface area (Å²) in [4.78, 5) is 27.1. The van der Waals surface area contributed by atoms with E-state index in [0.29, 0.717) is 47.3 Å². The summed E-state index contributed by atoms with van der Waals surface area (Å²) < 4.78 is 25.5. The van der Waals surface area contributed by atoms with Crippen molar-refractivity contribution in [1.82, 2.24) is 9.47 Å². The van der Waals surface area contributed by atoms with Crippen molar-refractivity contribution < 1.29 is 18.7 Å². The number of likely N-dealkylation sites (tertiary alicyclic amines) is 1. The third-order valence-electron chi connectivity index (χ3n) is 4.58. The number of benzene rings is 1. The molecule has 7 heteroatoms. The average molecular weight is 348 g/mol. The number of hydrogen-bond acceptors (Lipinski definition) is 4. The first-order chi connectivity index (χ1) is 12.0. The predicted octanol–water partition coefficient (Wildman–Crippen LogP) is 2.22. The molecule has 1 aliphatic heterocycles. The van der Waals surface area contributed by atoms with Gasteiger partial charge >= 0.3 is 0 Å². The first-order valence-corrected chi connectivity index (χ1v) is 8.22. The van der Waals surface area contributed by atoms with Gasteiger partial charge in [-0.25, -0.2) is 4.39 Å². The van der Waals surface area contributed by atoms with Crippen molar-refractivity contribution in [3.63, 3.8) is 0 Å². The number of halogens is 1. The summed E-state index contributed by atoms with van der Waals surface area (Å²) in [5.41, 5.74) is 0.159. The van der Waals surface area contributed by atoms with E-state index in [1.807, 2.05) is 6.92 Å². The Morgan fingerprint density at radius 2 is 1.88 bits per heavy atom. The van der Waals surface area contributed by atoms with Crippen LogP contribution < -0.4 is 15.0 Å². The van der Waals surface area contributed by atoms with Crippen LogP contribution in [0.15, 0.2) is 23.1 Å². The zero-order chi connectivity index (χ0) is 18.1. The van der Waals surface area contributed by atoms with Crippen LogP contribution in [0, 0.1) is 0 Å². The lowest BCUT2D eigenvalue weighted by atomic mass is 10.0. The number of fused-ring (bicyclic) bond motifs is 1. The molecule has 0 saturated carbocycles. The molecule has 0 aliphatic carbocycles. The Hall–Kier alpha value is -2.57. The highest BCUT2D eigenvalue weighted by Gasteiger charge is 2.28. The van der Waals surface area contributed by atoms with E-state index in [1.54, 1.807) is 18.3 Å². The van der Waals surface area contributed by atoms with Crippen LogP contribution in [0.4, 0.5) is 4.39 Å². The summed E-state index contributed by atoms with van der Waals surface area (Å²) in [6.45, 7) is 2.71. The number of carbonyl (C=O) groups excluding carboxylic acids is 1. The Morgan fingerprint density at radius 1 is 1.24 bits per heavy atom. The Balaban J connectivity index is 2.24. The Morgan fingerprint density at radius 3 is 2.40 bits per heavy atom. The first kappa shape index (κ1) is 17.3. The maximum Gasteiger partial charge on any atom is 0.258 e. The van der Waals surface area contributed by atoms with Gasteiger partial charge in [0.25, 0.3) is 11.5 Å². The number of aryl methyl sites for hydroxylation is 1. The van der Waals surface area contributed by atoms with E-state index >= 15 is 0 Å². The summed E-state index contributed by atoms with van der Waals surface area (Å²) in [6, 6.07) is 3.22. The number of nitrogens with zero attached hydrogens (tertiary/aromatic N) is 2. The quantitative estimate of drug-likeness (QED) is 0.850. The average Bonchev–Trinajstić information content (AvgIpc) is 3.07. The van der Waals surface area contributed by atoms with Gasteiger partial charge < -0.3 is 18.9 Å². The molecule has 1 atom stereocenters. The van der Waals surface area contributed by atoms with Gasteiger partial charge in [0.2, 0.25) is 0 Å². The highest BCUT2D eigenvalue weighted by molar-refractivity contribution is 6.07. The lowest BCUT2D eigenvalue weighted by Crippen LogP contribution is -2.31. The van der Waals surface area contributed by atoms with Crippen LogP contribution in [-0.4, -0.2) is 48.9 Å². The van der Waals surface area contributed by atoms with Gasteiger partial charge in [0, 0.05) is 24.7 Å². The van der Waals surface area contributed by atoms with Crippen LogP contribution in [0.3, 0.4) is 0 Å². The molecule has 25 heavy (non-hydrogen) atoms. The molecule has 0 N–H and O–H groups in total. The standard InChI is InChI=1S/C18H21FN2O4/c1-4-20-10-14(18(23)21-6-5-11(19)9-21)12-7-15(24-2)16(25-3)8-13(12)17(20)22/h7-8,10-11H,4-6,9H2,1-3H3.